The average molecular weight is 420 g/mol. The predicted octanol–water partition coefficient (Wildman–Crippen LogP) is 4.85. The number of methoxy groups -OCH3 is 1. The van der Waals surface area contributed by atoms with Crippen LogP contribution in [0.5, 0.6) is 11.5 Å². The van der Waals surface area contributed by atoms with Crippen molar-refractivity contribution < 1.29 is 14.3 Å². The van der Waals surface area contributed by atoms with Crippen LogP contribution in [0.1, 0.15) is 53.9 Å². The normalized spacial score (nSPS) is 15.8. The molecular formula is C25H29N3O3. The van der Waals surface area contributed by atoms with Crippen LogP contribution >= 0.6 is 0 Å². The van der Waals surface area contributed by atoms with Crippen molar-refractivity contribution in [3.8, 4) is 11.5 Å². The van der Waals surface area contributed by atoms with Gasteiger partial charge < -0.3 is 14.5 Å². The van der Waals surface area contributed by atoms with Gasteiger partial charge in [0.05, 0.1) is 19.9 Å². The summed E-state index contributed by atoms with van der Waals surface area (Å²) in [7, 11) is 1.60. The number of aromatic nitrogens is 1. The third kappa shape index (κ3) is 4.58. The number of hydrogen-bond donors (Lipinski definition) is 2. The van der Waals surface area contributed by atoms with E-state index >= 15 is 0 Å². The minimum absolute atomic E-state index is 0.230. The first-order valence-electron chi connectivity index (χ1n) is 10.9. The maximum Gasteiger partial charge on any atom is 0.271 e. The summed E-state index contributed by atoms with van der Waals surface area (Å²) in [6.45, 7) is 4.97. The molecule has 2 aromatic carbocycles. The first-order valence-corrected chi connectivity index (χ1v) is 10.9. The summed E-state index contributed by atoms with van der Waals surface area (Å²) < 4.78 is 11.1. The summed E-state index contributed by atoms with van der Waals surface area (Å²) >= 11 is 0. The SMILES string of the molecule is CCCOc1ccc(/C=N\NC(=O)c2ccc3[nH]c4c(c3c2)CC(C)CC4)cc1OC. The standard InChI is InChI=1S/C25H29N3O3/c1-4-11-31-23-10-6-17(13-24(23)30-3)15-26-28-25(29)18-7-9-22-20(14-18)19-12-16(2)5-8-21(19)27-22/h6-7,9-10,13-16,27H,4-5,8,11-12H2,1-3H3,(H,28,29)/b26-15-. The van der Waals surface area contributed by atoms with E-state index < -0.39 is 0 Å². The van der Waals surface area contributed by atoms with Crippen LogP contribution in [0.3, 0.4) is 0 Å². The van der Waals surface area contributed by atoms with Crippen LogP contribution in [-0.4, -0.2) is 30.8 Å². The molecular weight excluding hydrogens is 390 g/mol. The van der Waals surface area contributed by atoms with Crippen LogP contribution in [0.25, 0.3) is 10.9 Å². The Morgan fingerprint density at radius 3 is 2.94 bits per heavy atom. The third-order valence-electron chi connectivity index (χ3n) is 5.73. The molecule has 1 unspecified atom stereocenters. The molecule has 1 heterocycles. The largest absolute Gasteiger partial charge is 0.493 e. The molecule has 1 aromatic heterocycles. The first-order chi connectivity index (χ1) is 15.1. The third-order valence-corrected chi connectivity index (χ3v) is 5.73. The van der Waals surface area contributed by atoms with Crippen molar-refractivity contribution in [1.82, 2.24) is 10.4 Å². The van der Waals surface area contributed by atoms with Gasteiger partial charge >= 0.3 is 0 Å². The molecule has 6 nitrogen and oxygen atoms in total. The van der Waals surface area contributed by atoms with Crippen molar-refractivity contribution in [3.05, 3.63) is 58.8 Å². The number of carbonyl (C=O) groups is 1. The zero-order valence-electron chi connectivity index (χ0n) is 18.3. The van der Waals surface area contributed by atoms with Gasteiger partial charge in [0.1, 0.15) is 0 Å². The second-order valence-corrected chi connectivity index (χ2v) is 8.15. The van der Waals surface area contributed by atoms with Crippen molar-refractivity contribution in [2.24, 2.45) is 11.0 Å². The highest BCUT2D eigenvalue weighted by Crippen LogP contribution is 2.32. The summed E-state index contributed by atoms with van der Waals surface area (Å²) in [5.74, 6) is 1.78. The Hall–Kier alpha value is -3.28. The second kappa shape index (κ2) is 9.25. The van der Waals surface area contributed by atoms with E-state index in [9.17, 15) is 4.79 Å². The Labute approximate surface area is 182 Å². The molecule has 4 rings (SSSR count). The van der Waals surface area contributed by atoms with E-state index in [1.165, 1.54) is 17.7 Å². The fraction of sp³-hybridized carbons (Fsp3) is 0.360. The molecule has 6 heteroatoms. The van der Waals surface area contributed by atoms with E-state index in [1.807, 2.05) is 36.4 Å². The molecule has 31 heavy (non-hydrogen) atoms. The van der Waals surface area contributed by atoms with Gasteiger partial charge in [0, 0.05) is 22.2 Å². The monoisotopic (exact) mass is 419 g/mol. The lowest BCUT2D eigenvalue weighted by molar-refractivity contribution is 0.0955. The minimum Gasteiger partial charge on any atom is -0.493 e. The van der Waals surface area contributed by atoms with E-state index in [2.05, 4.69) is 29.4 Å². The zero-order valence-corrected chi connectivity index (χ0v) is 18.3. The molecule has 0 bridgehead atoms. The van der Waals surface area contributed by atoms with E-state index in [0.29, 0.717) is 29.6 Å². The highest BCUT2D eigenvalue weighted by Gasteiger charge is 2.20. The van der Waals surface area contributed by atoms with E-state index in [-0.39, 0.29) is 5.91 Å². The van der Waals surface area contributed by atoms with Crippen molar-refractivity contribution in [2.45, 2.75) is 39.5 Å². The summed E-state index contributed by atoms with van der Waals surface area (Å²) in [5.41, 5.74) is 7.80. The van der Waals surface area contributed by atoms with Crippen molar-refractivity contribution in [3.63, 3.8) is 0 Å². The average Bonchev–Trinajstić information content (AvgIpc) is 3.15. The quantitative estimate of drug-likeness (QED) is 0.424. The molecule has 1 amide bonds. The number of aryl methyl sites for hydroxylation is 1. The van der Waals surface area contributed by atoms with Crippen LogP contribution in [0.15, 0.2) is 41.5 Å². The summed E-state index contributed by atoms with van der Waals surface area (Å²) in [6, 6.07) is 11.3. The number of ether oxygens (including phenoxy) is 2. The number of amides is 1. The highest BCUT2D eigenvalue weighted by atomic mass is 16.5. The summed E-state index contributed by atoms with van der Waals surface area (Å²) in [4.78, 5) is 16.2. The van der Waals surface area contributed by atoms with Gasteiger partial charge in [0.25, 0.3) is 5.91 Å². The van der Waals surface area contributed by atoms with Crippen molar-refractivity contribution in [1.29, 1.82) is 0 Å². The van der Waals surface area contributed by atoms with Crippen molar-refractivity contribution in [2.75, 3.05) is 13.7 Å². The van der Waals surface area contributed by atoms with E-state index in [0.717, 1.165) is 35.7 Å². The number of carbonyl (C=O) groups excluding carboxylic acids is 1. The highest BCUT2D eigenvalue weighted by molar-refractivity contribution is 5.99. The molecule has 0 aliphatic heterocycles. The number of nitrogens with zero attached hydrogens (tertiary/aromatic N) is 1. The van der Waals surface area contributed by atoms with E-state index in [4.69, 9.17) is 9.47 Å². The number of rotatable bonds is 7. The van der Waals surface area contributed by atoms with Gasteiger partial charge in [-0.05, 0) is 79.1 Å². The molecule has 1 atom stereocenters. The van der Waals surface area contributed by atoms with Crippen LogP contribution in [0.4, 0.5) is 0 Å². The minimum atomic E-state index is -0.230. The fourth-order valence-corrected chi connectivity index (χ4v) is 4.06. The molecule has 0 saturated carbocycles. The van der Waals surface area contributed by atoms with Crippen LogP contribution in [0.2, 0.25) is 0 Å². The maximum absolute atomic E-state index is 12.6. The van der Waals surface area contributed by atoms with Gasteiger partial charge in [-0.15, -0.1) is 0 Å². The van der Waals surface area contributed by atoms with Gasteiger partial charge in [-0.25, -0.2) is 5.43 Å². The van der Waals surface area contributed by atoms with E-state index in [1.54, 1.807) is 13.3 Å². The van der Waals surface area contributed by atoms with Crippen molar-refractivity contribution >= 4 is 23.0 Å². The van der Waals surface area contributed by atoms with Gasteiger partial charge in [0.2, 0.25) is 0 Å². The lowest BCUT2D eigenvalue weighted by Crippen LogP contribution is -2.17. The molecule has 2 N–H and O–H groups in total. The van der Waals surface area contributed by atoms with Crippen LogP contribution < -0.4 is 14.9 Å². The topological polar surface area (TPSA) is 75.7 Å². The molecule has 0 fully saturated rings. The Balaban J connectivity index is 1.46. The Bertz CT molecular complexity index is 1120. The number of benzene rings is 2. The van der Waals surface area contributed by atoms with Crippen LogP contribution in [-0.2, 0) is 12.8 Å². The number of hydrazone groups is 1. The first kappa shape index (κ1) is 21.0. The number of aromatic amines is 1. The second-order valence-electron chi connectivity index (χ2n) is 8.15. The Morgan fingerprint density at radius 1 is 1.26 bits per heavy atom. The molecule has 3 aromatic rings. The molecule has 0 saturated heterocycles. The predicted molar refractivity (Wildman–Crippen MR) is 123 cm³/mol. The Morgan fingerprint density at radius 2 is 2.13 bits per heavy atom. The molecule has 162 valence electrons. The van der Waals surface area contributed by atoms with Crippen LogP contribution in [0, 0.1) is 5.92 Å². The summed E-state index contributed by atoms with van der Waals surface area (Å²) in [6.07, 6.45) is 5.86. The Kier molecular flexibility index (Phi) is 6.26. The van der Waals surface area contributed by atoms with Gasteiger partial charge in [-0.3, -0.25) is 4.79 Å². The molecule has 0 spiro atoms. The smallest absolute Gasteiger partial charge is 0.271 e. The van der Waals surface area contributed by atoms with Gasteiger partial charge in [-0.2, -0.15) is 5.10 Å². The fourth-order valence-electron chi connectivity index (χ4n) is 4.06. The van der Waals surface area contributed by atoms with Gasteiger partial charge in [-0.1, -0.05) is 13.8 Å². The number of H-pyrrole nitrogens is 1. The maximum atomic E-state index is 12.6. The number of hydrogen-bond acceptors (Lipinski definition) is 4. The molecule has 1 aliphatic carbocycles. The summed E-state index contributed by atoms with van der Waals surface area (Å²) in [5, 5.41) is 5.27. The van der Waals surface area contributed by atoms with Gasteiger partial charge in [0.15, 0.2) is 11.5 Å². The molecule has 0 radical (unpaired) electrons. The lowest BCUT2D eigenvalue weighted by Gasteiger charge is -2.18. The number of nitrogens with one attached hydrogen (secondary N) is 2. The lowest BCUT2D eigenvalue weighted by atomic mass is 9.87. The zero-order chi connectivity index (χ0) is 21.8. The molecule has 1 aliphatic rings. The number of fused-ring (bicyclic) bond motifs is 3.